The van der Waals surface area contributed by atoms with Gasteiger partial charge in [-0.1, -0.05) is 54.7 Å². The largest absolute Gasteiger partial charge is 0.354 e. The predicted molar refractivity (Wildman–Crippen MR) is 131 cm³/mol. The first-order chi connectivity index (χ1) is 14.9. The lowest BCUT2D eigenvalue weighted by Gasteiger charge is -2.29. The lowest BCUT2D eigenvalue weighted by Crippen LogP contribution is -2.47. The molecule has 0 saturated heterocycles. The van der Waals surface area contributed by atoms with Gasteiger partial charge in [0.05, 0.1) is 0 Å². The lowest BCUT2D eigenvalue weighted by atomic mass is 10.1. The zero-order valence-corrected chi connectivity index (χ0v) is 20.4. The molecule has 0 aliphatic heterocycles. The molecule has 0 radical (unpaired) electrons. The van der Waals surface area contributed by atoms with Crippen LogP contribution in [0.2, 0.25) is 10.0 Å². The molecular weight excluding hydrogens is 451 g/mol. The predicted octanol–water partition coefficient (Wildman–Crippen LogP) is 6.20. The van der Waals surface area contributed by atoms with Crippen LogP contribution in [0.4, 0.5) is 0 Å². The van der Waals surface area contributed by atoms with E-state index in [1.807, 2.05) is 42.5 Å². The Labute approximate surface area is 199 Å². The molecule has 2 aromatic carbocycles. The number of rotatable bonds is 12. The molecule has 1 atom stereocenters. The minimum absolute atomic E-state index is 0.0465. The molecule has 2 amide bonds. The van der Waals surface area contributed by atoms with Gasteiger partial charge >= 0.3 is 0 Å². The zero-order chi connectivity index (χ0) is 22.6. The second-order valence-electron chi connectivity index (χ2n) is 7.34. The highest BCUT2D eigenvalue weighted by atomic mass is 35.5. The SMILES string of the molecule is CCCCNC(=O)[C@H](C)N(Cc1ccccc1Cl)C(=O)CCCSc1ccc(Cl)cc1. The highest BCUT2D eigenvalue weighted by molar-refractivity contribution is 7.99. The van der Waals surface area contributed by atoms with Crippen molar-refractivity contribution in [3.05, 3.63) is 64.1 Å². The van der Waals surface area contributed by atoms with E-state index < -0.39 is 6.04 Å². The van der Waals surface area contributed by atoms with Gasteiger partial charge in [-0.2, -0.15) is 0 Å². The van der Waals surface area contributed by atoms with Gasteiger partial charge in [-0.3, -0.25) is 9.59 Å². The Morgan fingerprint density at radius 1 is 1.06 bits per heavy atom. The van der Waals surface area contributed by atoms with Gasteiger partial charge in [0.15, 0.2) is 0 Å². The summed E-state index contributed by atoms with van der Waals surface area (Å²) in [5.41, 5.74) is 0.835. The minimum atomic E-state index is -0.565. The first kappa shape index (κ1) is 25.6. The number of halogens is 2. The summed E-state index contributed by atoms with van der Waals surface area (Å²) in [6.45, 7) is 4.78. The van der Waals surface area contributed by atoms with Gasteiger partial charge in [0.2, 0.25) is 11.8 Å². The number of unbranched alkanes of at least 4 members (excludes halogenated alkanes) is 1. The molecule has 0 aliphatic carbocycles. The molecule has 2 rings (SSSR count). The highest BCUT2D eigenvalue weighted by Gasteiger charge is 2.26. The van der Waals surface area contributed by atoms with Crippen LogP contribution in [0, 0.1) is 0 Å². The summed E-state index contributed by atoms with van der Waals surface area (Å²) in [6, 6.07) is 14.5. The van der Waals surface area contributed by atoms with Crippen LogP contribution in [0.15, 0.2) is 53.4 Å². The van der Waals surface area contributed by atoms with Gasteiger partial charge in [-0.15, -0.1) is 11.8 Å². The van der Waals surface area contributed by atoms with Crippen LogP contribution in [-0.4, -0.2) is 35.1 Å². The summed E-state index contributed by atoms with van der Waals surface area (Å²) in [4.78, 5) is 28.4. The van der Waals surface area contributed by atoms with E-state index in [4.69, 9.17) is 23.2 Å². The Balaban J connectivity index is 1.98. The van der Waals surface area contributed by atoms with Crippen molar-refractivity contribution in [3.8, 4) is 0 Å². The Hall–Kier alpha value is -1.69. The first-order valence-corrected chi connectivity index (χ1v) is 12.4. The number of hydrogen-bond acceptors (Lipinski definition) is 3. The van der Waals surface area contributed by atoms with Gasteiger partial charge in [0.25, 0.3) is 0 Å². The zero-order valence-electron chi connectivity index (χ0n) is 18.1. The van der Waals surface area contributed by atoms with E-state index in [1.54, 1.807) is 29.7 Å². The van der Waals surface area contributed by atoms with Gasteiger partial charge in [0.1, 0.15) is 6.04 Å². The summed E-state index contributed by atoms with van der Waals surface area (Å²) in [7, 11) is 0. The molecule has 0 unspecified atom stereocenters. The average molecular weight is 481 g/mol. The monoisotopic (exact) mass is 480 g/mol. The fourth-order valence-corrected chi connectivity index (χ4v) is 4.19. The Bertz CT molecular complexity index is 846. The van der Waals surface area contributed by atoms with Crippen molar-refractivity contribution in [2.45, 2.75) is 57.0 Å². The van der Waals surface area contributed by atoms with Crippen molar-refractivity contribution in [2.24, 2.45) is 0 Å². The normalized spacial score (nSPS) is 11.7. The van der Waals surface area contributed by atoms with E-state index >= 15 is 0 Å². The number of carbonyl (C=O) groups excluding carboxylic acids is 2. The number of hydrogen-bond donors (Lipinski definition) is 1. The van der Waals surface area contributed by atoms with E-state index in [-0.39, 0.29) is 11.8 Å². The first-order valence-electron chi connectivity index (χ1n) is 10.6. The second kappa shape index (κ2) is 13.7. The third kappa shape index (κ3) is 8.76. The van der Waals surface area contributed by atoms with Crippen LogP contribution < -0.4 is 5.32 Å². The van der Waals surface area contributed by atoms with Gasteiger partial charge in [0, 0.05) is 34.5 Å². The molecule has 0 aliphatic rings. The van der Waals surface area contributed by atoms with E-state index in [1.165, 1.54) is 0 Å². The van der Waals surface area contributed by atoms with Gasteiger partial charge in [-0.05, 0) is 61.4 Å². The molecule has 0 saturated carbocycles. The summed E-state index contributed by atoms with van der Waals surface area (Å²) < 4.78 is 0. The lowest BCUT2D eigenvalue weighted by molar-refractivity contribution is -0.140. The summed E-state index contributed by atoms with van der Waals surface area (Å²) in [5.74, 6) is 0.629. The maximum atomic E-state index is 13.1. The van der Waals surface area contributed by atoms with E-state index in [2.05, 4.69) is 12.2 Å². The molecular formula is C24H30Cl2N2O2S. The van der Waals surface area contributed by atoms with Gasteiger partial charge < -0.3 is 10.2 Å². The Morgan fingerprint density at radius 3 is 2.45 bits per heavy atom. The molecule has 0 fully saturated rings. The number of thioether (sulfide) groups is 1. The quantitative estimate of drug-likeness (QED) is 0.290. The van der Waals surface area contributed by atoms with Crippen LogP contribution in [0.3, 0.4) is 0 Å². The third-order valence-electron chi connectivity index (χ3n) is 4.91. The van der Waals surface area contributed by atoms with Crippen molar-refractivity contribution >= 4 is 46.8 Å². The molecule has 1 N–H and O–H groups in total. The van der Waals surface area contributed by atoms with Crippen LogP contribution in [0.1, 0.15) is 45.1 Å². The van der Waals surface area contributed by atoms with Crippen LogP contribution in [0.25, 0.3) is 0 Å². The van der Waals surface area contributed by atoms with Crippen molar-refractivity contribution in [1.82, 2.24) is 10.2 Å². The van der Waals surface area contributed by atoms with E-state index in [0.717, 1.165) is 35.5 Å². The Morgan fingerprint density at radius 2 is 1.77 bits per heavy atom. The number of nitrogens with zero attached hydrogens (tertiary/aromatic N) is 1. The number of amides is 2. The fraction of sp³-hybridized carbons (Fsp3) is 0.417. The van der Waals surface area contributed by atoms with Crippen LogP contribution in [0.5, 0.6) is 0 Å². The van der Waals surface area contributed by atoms with Crippen molar-refractivity contribution in [2.75, 3.05) is 12.3 Å². The summed E-state index contributed by atoms with van der Waals surface area (Å²) in [5, 5.41) is 4.24. The molecule has 0 spiro atoms. The highest BCUT2D eigenvalue weighted by Crippen LogP contribution is 2.23. The minimum Gasteiger partial charge on any atom is -0.354 e. The smallest absolute Gasteiger partial charge is 0.242 e. The molecule has 2 aromatic rings. The molecule has 4 nitrogen and oxygen atoms in total. The molecule has 168 valence electrons. The second-order valence-corrected chi connectivity index (χ2v) is 9.35. The molecule has 0 heterocycles. The van der Waals surface area contributed by atoms with E-state index in [0.29, 0.717) is 29.6 Å². The standard InChI is InChI=1S/C24H30Cl2N2O2S/c1-3-4-15-27-24(30)18(2)28(17-19-8-5-6-9-22(19)26)23(29)10-7-16-31-21-13-11-20(25)12-14-21/h5-6,8-9,11-14,18H,3-4,7,10,15-17H2,1-2H3,(H,27,30)/t18-/m0/s1. The van der Waals surface area contributed by atoms with Crippen molar-refractivity contribution in [3.63, 3.8) is 0 Å². The summed E-state index contributed by atoms with van der Waals surface area (Å²) >= 11 is 13.9. The Kier molecular flexibility index (Phi) is 11.3. The fourth-order valence-electron chi connectivity index (χ4n) is 3.02. The molecule has 0 aromatic heterocycles. The van der Waals surface area contributed by atoms with Crippen LogP contribution >= 0.6 is 35.0 Å². The van der Waals surface area contributed by atoms with Crippen molar-refractivity contribution in [1.29, 1.82) is 0 Å². The van der Waals surface area contributed by atoms with Crippen molar-refractivity contribution < 1.29 is 9.59 Å². The van der Waals surface area contributed by atoms with E-state index in [9.17, 15) is 9.59 Å². The molecule has 31 heavy (non-hydrogen) atoms. The summed E-state index contributed by atoms with van der Waals surface area (Å²) in [6.07, 6.45) is 3.01. The topological polar surface area (TPSA) is 49.4 Å². The maximum absolute atomic E-state index is 13.1. The molecule has 0 bridgehead atoms. The number of nitrogens with one attached hydrogen (secondary N) is 1. The van der Waals surface area contributed by atoms with Crippen LogP contribution in [-0.2, 0) is 16.1 Å². The average Bonchev–Trinajstić information content (AvgIpc) is 2.77. The number of benzene rings is 2. The maximum Gasteiger partial charge on any atom is 0.242 e. The third-order valence-corrected chi connectivity index (χ3v) is 6.63. The molecule has 7 heteroatoms. The van der Waals surface area contributed by atoms with Gasteiger partial charge in [-0.25, -0.2) is 0 Å². The number of carbonyl (C=O) groups is 2.